The number of aliphatic hydroxyl groups is 1. The highest BCUT2D eigenvalue weighted by Crippen LogP contribution is 2.36. The average molecular weight is 312 g/mol. The van der Waals surface area contributed by atoms with Crippen molar-refractivity contribution >= 4 is 23.3 Å². The number of benzene rings is 1. The molecule has 20 heavy (non-hydrogen) atoms. The minimum Gasteiger partial charge on any atom is -0.467 e. The largest absolute Gasteiger partial charge is 0.467 e. The molecule has 1 aromatic rings. The van der Waals surface area contributed by atoms with Gasteiger partial charge in [0.1, 0.15) is 0 Å². The topological polar surface area (TPSA) is 58.6 Å². The van der Waals surface area contributed by atoms with Crippen molar-refractivity contribution in [3.63, 3.8) is 0 Å². The van der Waals surface area contributed by atoms with Gasteiger partial charge in [-0.05, 0) is 25.1 Å². The van der Waals surface area contributed by atoms with Crippen molar-refractivity contribution in [2.24, 2.45) is 0 Å². The average Bonchev–Trinajstić information content (AvgIpc) is 2.35. The molecule has 4 nitrogen and oxygen atoms in total. The summed E-state index contributed by atoms with van der Waals surface area (Å²) in [7, 11) is 1.07. The minimum atomic E-state index is -4.61. The van der Waals surface area contributed by atoms with Gasteiger partial charge in [0.25, 0.3) is 0 Å². The predicted octanol–water partition coefficient (Wildman–Crippen LogP) is 2.69. The molecule has 0 spiro atoms. The van der Waals surface area contributed by atoms with E-state index in [-0.39, 0.29) is 10.7 Å². The van der Waals surface area contributed by atoms with Crippen LogP contribution < -0.4 is 5.32 Å². The van der Waals surface area contributed by atoms with Gasteiger partial charge in [0, 0.05) is 10.7 Å². The highest BCUT2D eigenvalue weighted by molar-refractivity contribution is 6.30. The van der Waals surface area contributed by atoms with Gasteiger partial charge in [-0.1, -0.05) is 11.6 Å². The molecule has 0 heterocycles. The molecule has 0 radical (unpaired) electrons. The fourth-order valence-corrected chi connectivity index (χ4v) is 1.64. The van der Waals surface area contributed by atoms with Gasteiger partial charge in [0.15, 0.2) is 5.60 Å². The maximum Gasteiger partial charge on any atom is 0.418 e. The maximum absolute atomic E-state index is 12.8. The second kappa shape index (κ2) is 5.88. The van der Waals surface area contributed by atoms with Crippen molar-refractivity contribution in [3.8, 4) is 0 Å². The van der Waals surface area contributed by atoms with E-state index in [1.807, 2.05) is 0 Å². The zero-order valence-corrected chi connectivity index (χ0v) is 11.5. The third-order valence-electron chi connectivity index (χ3n) is 2.54. The minimum absolute atomic E-state index is 0.0670. The summed E-state index contributed by atoms with van der Waals surface area (Å²) in [5, 5.41) is 12.1. The lowest BCUT2D eigenvalue weighted by molar-refractivity contribution is -0.158. The van der Waals surface area contributed by atoms with Crippen molar-refractivity contribution in [3.05, 3.63) is 28.8 Å². The van der Waals surface area contributed by atoms with Crippen LogP contribution in [0.25, 0.3) is 0 Å². The predicted molar refractivity (Wildman–Crippen MR) is 67.6 cm³/mol. The van der Waals surface area contributed by atoms with Gasteiger partial charge in [0.2, 0.25) is 0 Å². The molecule has 0 aliphatic rings. The Morgan fingerprint density at radius 3 is 2.55 bits per heavy atom. The first-order valence-corrected chi connectivity index (χ1v) is 5.87. The number of hydrogen-bond acceptors (Lipinski definition) is 4. The van der Waals surface area contributed by atoms with Gasteiger partial charge < -0.3 is 15.2 Å². The molecule has 0 amide bonds. The summed E-state index contributed by atoms with van der Waals surface area (Å²) < 4.78 is 42.8. The molecule has 1 atom stereocenters. The van der Waals surface area contributed by atoms with E-state index in [1.165, 1.54) is 6.07 Å². The molecule has 0 aliphatic carbocycles. The van der Waals surface area contributed by atoms with Crippen LogP contribution in [0.4, 0.5) is 18.9 Å². The van der Waals surface area contributed by atoms with Crippen molar-refractivity contribution < 1.29 is 27.8 Å². The molecular formula is C12H13ClF3NO3. The summed E-state index contributed by atoms with van der Waals surface area (Å²) in [4.78, 5) is 11.2. The Morgan fingerprint density at radius 1 is 1.45 bits per heavy atom. The maximum atomic E-state index is 12.8. The molecule has 0 bridgehead atoms. The van der Waals surface area contributed by atoms with Crippen molar-refractivity contribution in [2.75, 3.05) is 19.0 Å². The monoisotopic (exact) mass is 311 g/mol. The second-order valence-electron chi connectivity index (χ2n) is 4.31. The summed E-state index contributed by atoms with van der Waals surface area (Å²) in [5.74, 6) is -0.951. The van der Waals surface area contributed by atoms with Crippen LogP contribution in [0, 0.1) is 0 Å². The number of esters is 1. The zero-order chi connectivity index (χ0) is 15.6. The third-order valence-corrected chi connectivity index (χ3v) is 2.77. The Labute approximate surface area is 118 Å². The molecule has 0 saturated heterocycles. The number of methoxy groups -OCH3 is 1. The first kappa shape index (κ1) is 16.6. The summed E-state index contributed by atoms with van der Waals surface area (Å²) in [6.45, 7) is 0.694. The molecule has 0 aliphatic heterocycles. The van der Waals surface area contributed by atoms with Gasteiger partial charge in [-0.25, -0.2) is 4.79 Å². The van der Waals surface area contributed by atoms with Crippen molar-refractivity contribution in [2.45, 2.75) is 18.7 Å². The van der Waals surface area contributed by atoms with E-state index >= 15 is 0 Å². The quantitative estimate of drug-likeness (QED) is 0.839. The van der Waals surface area contributed by atoms with Crippen LogP contribution in [0.1, 0.15) is 12.5 Å². The van der Waals surface area contributed by atoms with Gasteiger partial charge in [-0.15, -0.1) is 0 Å². The van der Waals surface area contributed by atoms with E-state index in [0.717, 1.165) is 26.2 Å². The van der Waals surface area contributed by atoms with E-state index in [9.17, 15) is 23.1 Å². The fourth-order valence-electron chi connectivity index (χ4n) is 1.46. The van der Waals surface area contributed by atoms with E-state index in [2.05, 4.69) is 10.1 Å². The highest BCUT2D eigenvalue weighted by atomic mass is 35.5. The Balaban J connectivity index is 2.97. The van der Waals surface area contributed by atoms with Gasteiger partial charge >= 0.3 is 12.1 Å². The SMILES string of the molecule is COC(=O)C(C)(O)CNc1ccc(Cl)cc1C(F)(F)F. The molecule has 1 rings (SSSR count). The van der Waals surface area contributed by atoms with Gasteiger partial charge in [-0.2, -0.15) is 13.2 Å². The Morgan fingerprint density at radius 2 is 2.05 bits per heavy atom. The number of carbonyl (C=O) groups excluding carboxylic acids is 1. The molecular weight excluding hydrogens is 299 g/mol. The molecule has 1 unspecified atom stereocenters. The zero-order valence-electron chi connectivity index (χ0n) is 10.7. The van der Waals surface area contributed by atoms with Crippen LogP contribution >= 0.6 is 11.6 Å². The number of alkyl halides is 3. The Bertz CT molecular complexity index is 503. The first-order chi connectivity index (χ1) is 9.08. The lowest BCUT2D eigenvalue weighted by atomic mass is 10.1. The van der Waals surface area contributed by atoms with Gasteiger partial charge in [-0.3, -0.25) is 0 Å². The van der Waals surface area contributed by atoms with Crippen molar-refractivity contribution in [1.29, 1.82) is 0 Å². The number of ether oxygens (including phenoxy) is 1. The molecule has 0 aromatic heterocycles. The van der Waals surface area contributed by atoms with Crippen LogP contribution in [0.5, 0.6) is 0 Å². The number of nitrogens with one attached hydrogen (secondary N) is 1. The summed E-state index contributed by atoms with van der Waals surface area (Å²) in [6.07, 6.45) is -4.61. The number of carbonyl (C=O) groups is 1. The number of anilines is 1. The van der Waals surface area contributed by atoms with Crippen LogP contribution in [-0.4, -0.2) is 30.3 Å². The lowest BCUT2D eigenvalue weighted by Crippen LogP contribution is -2.43. The number of rotatable bonds is 4. The van der Waals surface area contributed by atoms with E-state index in [4.69, 9.17) is 11.6 Å². The molecule has 1 aromatic carbocycles. The van der Waals surface area contributed by atoms with Crippen LogP contribution in [0.3, 0.4) is 0 Å². The Kier molecular flexibility index (Phi) is 4.88. The molecule has 2 N–H and O–H groups in total. The standard InChI is InChI=1S/C12H13ClF3NO3/c1-11(19,10(18)20-2)6-17-9-4-3-7(13)5-8(9)12(14,15)16/h3-5,17,19H,6H2,1-2H3. The lowest BCUT2D eigenvalue weighted by Gasteiger charge is -2.22. The van der Waals surface area contributed by atoms with E-state index in [0.29, 0.717) is 0 Å². The van der Waals surface area contributed by atoms with Crippen LogP contribution in [0.2, 0.25) is 5.02 Å². The van der Waals surface area contributed by atoms with Crippen LogP contribution in [0.15, 0.2) is 18.2 Å². The smallest absolute Gasteiger partial charge is 0.418 e. The van der Waals surface area contributed by atoms with E-state index < -0.39 is 29.9 Å². The number of halogens is 4. The Hall–Kier alpha value is -1.47. The molecule has 0 fully saturated rings. The van der Waals surface area contributed by atoms with Crippen molar-refractivity contribution in [1.82, 2.24) is 0 Å². The second-order valence-corrected chi connectivity index (χ2v) is 4.74. The molecule has 112 valence electrons. The highest BCUT2D eigenvalue weighted by Gasteiger charge is 2.36. The molecule has 0 saturated carbocycles. The number of hydrogen-bond donors (Lipinski definition) is 2. The fraction of sp³-hybridized carbons (Fsp3) is 0.417. The van der Waals surface area contributed by atoms with Crippen LogP contribution in [-0.2, 0) is 15.7 Å². The normalized spacial score (nSPS) is 14.6. The third kappa shape index (κ3) is 4.01. The summed E-state index contributed by atoms with van der Waals surface area (Å²) in [5.41, 5.74) is -3.21. The molecule has 8 heteroatoms. The van der Waals surface area contributed by atoms with E-state index in [1.54, 1.807) is 0 Å². The summed E-state index contributed by atoms with van der Waals surface area (Å²) in [6, 6.07) is 3.15. The first-order valence-electron chi connectivity index (χ1n) is 5.49. The summed E-state index contributed by atoms with van der Waals surface area (Å²) >= 11 is 5.53. The van der Waals surface area contributed by atoms with Gasteiger partial charge in [0.05, 0.1) is 19.2 Å².